The maximum absolute atomic E-state index is 15.1. The molecule has 3 fully saturated rings. The molecule has 0 saturated carbocycles. The molecule has 0 unspecified atom stereocenters. The number of benzene rings is 2. The summed E-state index contributed by atoms with van der Waals surface area (Å²) >= 11 is 0. The molecule has 10 heteroatoms. The van der Waals surface area contributed by atoms with Gasteiger partial charge in [0.25, 0.3) is 5.91 Å². The Morgan fingerprint density at radius 1 is 1.10 bits per heavy atom. The van der Waals surface area contributed by atoms with Crippen molar-refractivity contribution in [1.82, 2.24) is 10.2 Å². The molecule has 0 aliphatic carbocycles. The van der Waals surface area contributed by atoms with Gasteiger partial charge in [-0.05, 0) is 62.6 Å². The number of amides is 3. The molecule has 9 atom stereocenters. The van der Waals surface area contributed by atoms with E-state index in [0.29, 0.717) is 31.2 Å². The molecule has 0 aromatic heterocycles. The van der Waals surface area contributed by atoms with Gasteiger partial charge in [0, 0.05) is 18.7 Å². The van der Waals surface area contributed by atoms with Gasteiger partial charge in [0.1, 0.15) is 17.7 Å². The first-order valence-electron chi connectivity index (χ1n) is 18.2. The van der Waals surface area contributed by atoms with Crippen molar-refractivity contribution in [3.05, 3.63) is 90.5 Å². The second-order valence-electron chi connectivity index (χ2n) is 14.4. The third-order valence-electron chi connectivity index (χ3n) is 11.2. The van der Waals surface area contributed by atoms with Crippen LogP contribution in [0.1, 0.15) is 75.7 Å². The molecule has 2 N–H and O–H groups in total. The average Bonchev–Trinajstić information content (AvgIpc) is 3.77. The van der Waals surface area contributed by atoms with Gasteiger partial charge < -0.3 is 29.7 Å². The van der Waals surface area contributed by atoms with Crippen molar-refractivity contribution >= 4 is 29.4 Å². The Balaban J connectivity index is 1.55. The molecule has 3 aliphatic heterocycles. The topological polar surface area (TPSA) is 125 Å². The van der Waals surface area contributed by atoms with E-state index >= 15 is 4.79 Å². The molecule has 3 saturated heterocycles. The van der Waals surface area contributed by atoms with Gasteiger partial charge in [-0.25, -0.2) is 0 Å². The monoisotopic (exact) mass is 699 g/mol. The number of hydrogen-bond donors (Lipinski definition) is 2. The van der Waals surface area contributed by atoms with Gasteiger partial charge in [0.05, 0.1) is 36.6 Å². The lowest BCUT2D eigenvalue weighted by Gasteiger charge is -2.41. The number of para-hydroxylation sites is 1. The van der Waals surface area contributed by atoms with Crippen molar-refractivity contribution in [3.8, 4) is 0 Å². The van der Waals surface area contributed by atoms with E-state index in [0.717, 1.165) is 16.8 Å². The summed E-state index contributed by atoms with van der Waals surface area (Å²) in [6, 6.07) is 12.7. The number of nitrogens with one attached hydrogen (secondary N) is 1. The number of carbonyl (C=O) groups is 4. The minimum absolute atomic E-state index is 0.145. The summed E-state index contributed by atoms with van der Waals surface area (Å²) < 4.78 is 13.0. The largest absolute Gasteiger partial charge is 0.455 e. The number of anilines is 1. The summed E-state index contributed by atoms with van der Waals surface area (Å²) in [4.78, 5) is 60.4. The number of likely N-dealkylation sites (tertiary alicyclic amines) is 1. The Morgan fingerprint density at radius 3 is 2.39 bits per heavy atom. The normalized spacial score (nSPS) is 25.8. The summed E-state index contributed by atoms with van der Waals surface area (Å²) in [6.45, 7) is 17.1. The highest BCUT2D eigenvalue weighted by Gasteiger charge is 2.76. The molecule has 3 aliphatic rings. The Bertz CT molecular complexity index is 1610. The van der Waals surface area contributed by atoms with Crippen LogP contribution in [0, 0.1) is 31.6 Å². The minimum atomic E-state index is -1.30. The zero-order chi connectivity index (χ0) is 37.0. The van der Waals surface area contributed by atoms with Gasteiger partial charge in [-0.15, -0.1) is 13.2 Å². The summed E-state index contributed by atoms with van der Waals surface area (Å²) in [7, 11) is 0. The molecule has 2 aromatic carbocycles. The Kier molecular flexibility index (Phi) is 11.9. The first-order chi connectivity index (χ1) is 24.4. The standard InChI is InChI=1S/C41H53N3O7/c1-8-11-20-32(46)42-28(7)36(29-18-13-12-14-19-29)50-40(49)33-31-21-22-41(51-31)34(33)38(47)44(30(24-45)25(4)10-3)37(41)39(48)43(23-9-2)35-26(5)16-15-17-27(35)6/h8-9,12-19,25,28,30-31,33-34,36-37,45H,1-2,10-11,20-24H2,3-7H3,(H,42,46)/t25-,28+,30-,31+,33-,34-,36+,37+,41-/m0/s1. The maximum Gasteiger partial charge on any atom is 0.313 e. The molecule has 274 valence electrons. The lowest BCUT2D eigenvalue weighted by Crippen LogP contribution is -2.60. The van der Waals surface area contributed by atoms with Crippen LogP contribution in [0.15, 0.2) is 73.8 Å². The third-order valence-corrected chi connectivity index (χ3v) is 11.2. The zero-order valence-electron chi connectivity index (χ0n) is 30.5. The van der Waals surface area contributed by atoms with Gasteiger partial charge in [-0.1, -0.05) is 81.0 Å². The van der Waals surface area contributed by atoms with Crippen LogP contribution >= 0.6 is 0 Å². The molecular weight excluding hydrogens is 646 g/mol. The van der Waals surface area contributed by atoms with Crippen LogP contribution in [0.5, 0.6) is 0 Å². The summed E-state index contributed by atoms with van der Waals surface area (Å²) in [5, 5.41) is 13.7. The summed E-state index contributed by atoms with van der Waals surface area (Å²) in [5.41, 5.74) is 1.92. The van der Waals surface area contributed by atoms with Gasteiger partial charge in [-0.2, -0.15) is 0 Å². The number of esters is 1. The van der Waals surface area contributed by atoms with Gasteiger partial charge >= 0.3 is 5.97 Å². The lowest BCUT2D eigenvalue weighted by atomic mass is 9.70. The van der Waals surface area contributed by atoms with Crippen LogP contribution in [0.3, 0.4) is 0 Å². The third kappa shape index (κ3) is 7.00. The molecule has 2 aromatic rings. The Labute approximate surface area is 301 Å². The van der Waals surface area contributed by atoms with E-state index in [2.05, 4.69) is 18.5 Å². The summed E-state index contributed by atoms with van der Waals surface area (Å²) in [5.74, 6) is -3.66. The zero-order valence-corrected chi connectivity index (χ0v) is 30.5. The fraction of sp³-hybridized carbons (Fsp3) is 0.512. The van der Waals surface area contributed by atoms with Crippen molar-refractivity contribution in [2.75, 3.05) is 18.1 Å². The molecule has 0 radical (unpaired) electrons. The van der Waals surface area contributed by atoms with Crippen molar-refractivity contribution in [2.45, 2.75) is 103 Å². The van der Waals surface area contributed by atoms with Crippen molar-refractivity contribution in [1.29, 1.82) is 0 Å². The lowest BCUT2D eigenvalue weighted by molar-refractivity contribution is -0.162. The molecular formula is C41H53N3O7. The van der Waals surface area contributed by atoms with E-state index in [1.807, 2.05) is 76.2 Å². The Hall–Kier alpha value is -4.28. The van der Waals surface area contributed by atoms with E-state index in [4.69, 9.17) is 9.47 Å². The molecule has 3 heterocycles. The first-order valence-corrected chi connectivity index (χ1v) is 18.2. The molecule has 10 nitrogen and oxygen atoms in total. The van der Waals surface area contributed by atoms with Crippen LogP contribution in [-0.2, 0) is 28.7 Å². The number of hydrogen-bond acceptors (Lipinski definition) is 7. The van der Waals surface area contributed by atoms with E-state index in [1.165, 1.54) is 4.90 Å². The number of aliphatic hydroxyl groups is 1. The summed E-state index contributed by atoms with van der Waals surface area (Å²) in [6.07, 6.45) is 4.13. The molecule has 1 spiro atoms. The number of carbonyl (C=O) groups excluding carboxylic acids is 4. The number of nitrogens with zero attached hydrogens (tertiary/aromatic N) is 2. The fourth-order valence-corrected chi connectivity index (χ4v) is 8.55. The molecule has 2 bridgehead atoms. The minimum Gasteiger partial charge on any atom is -0.455 e. The first kappa shape index (κ1) is 38.0. The van der Waals surface area contributed by atoms with Crippen LogP contribution < -0.4 is 10.2 Å². The Morgan fingerprint density at radius 2 is 1.78 bits per heavy atom. The van der Waals surface area contributed by atoms with Gasteiger partial charge in [-0.3, -0.25) is 19.2 Å². The van der Waals surface area contributed by atoms with Crippen LogP contribution in [-0.4, -0.2) is 76.7 Å². The van der Waals surface area contributed by atoms with Gasteiger partial charge in [0.15, 0.2) is 0 Å². The number of aryl methyl sites for hydroxylation is 2. The van der Waals surface area contributed by atoms with Gasteiger partial charge in [0.2, 0.25) is 11.8 Å². The second kappa shape index (κ2) is 15.9. The highest BCUT2D eigenvalue weighted by Crippen LogP contribution is 2.60. The predicted molar refractivity (Wildman–Crippen MR) is 196 cm³/mol. The van der Waals surface area contributed by atoms with Crippen molar-refractivity contribution < 1.29 is 33.8 Å². The quantitative estimate of drug-likeness (QED) is 0.179. The maximum atomic E-state index is 15.1. The van der Waals surface area contributed by atoms with Crippen molar-refractivity contribution in [3.63, 3.8) is 0 Å². The number of aliphatic hydroxyl groups excluding tert-OH is 1. The van der Waals surface area contributed by atoms with Crippen molar-refractivity contribution in [2.24, 2.45) is 17.8 Å². The fourth-order valence-electron chi connectivity index (χ4n) is 8.55. The second-order valence-corrected chi connectivity index (χ2v) is 14.4. The van der Waals surface area contributed by atoms with Crippen LogP contribution in [0.25, 0.3) is 0 Å². The van der Waals surface area contributed by atoms with E-state index in [-0.39, 0.29) is 43.2 Å². The SMILES string of the molecule is C=CCCC(=O)N[C@H](C)[C@@H](OC(=O)[C@@H]1[C@H]2C(=O)N([C@@H](CO)[C@@H](C)CC)[C@H](C(=O)N(CC=C)c3c(C)cccc3C)[C@]23CC[C@H]1O3)c1ccccc1. The van der Waals surface area contributed by atoms with E-state index in [1.54, 1.807) is 24.0 Å². The smallest absolute Gasteiger partial charge is 0.313 e. The average molecular weight is 700 g/mol. The molecule has 51 heavy (non-hydrogen) atoms. The predicted octanol–water partition coefficient (Wildman–Crippen LogP) is 5.36. The number of fused-ring (bicyclic) bond motifs is 1. The molecule has 3 amide bonds. The highest BCUT2D eigenvalue weighted by molar-refractivity contribution is 6.05. The van der Waals surface area contributed by atoms with E-state index < -0.39 is 53.7 Å². The number of allylic oxidation sites excluding steroid dienone is 1. The van der Waals surface area contributed by atoms with Crippen LogP contribution in [0.4, 0.5) is 5.69 Å². The molecule has 5 rings (SSSR count). The van der Waals surface area contributed by atoms with E-state index in [9.17, 15) is 19.5 Å². The number of rotatable bonds is 16. The van der Waals surface area contributed by atoms with Crippen LogP contribution in [0.2, 0.25) is 0 Å². The highest BCUT2D eigenvalue weighted by atomic mass is 16.6. The number of ether oxygens (including phenoxy) is 2.